The predicted molar refractivity (Wildman–Crippen MR) is 107 cm³/mol. The van der Waals surface area contributed by atoms with Gasteiger partial charge in [0.25, 0.3) is 0 Å². The minimum atomic E-state index is -0.271. The van der Waals surface area contributed by atoms with E-state index in [1.165, 1.54) is 9.08 Å². The Labute approximate surface area is 166 Å². The van der Waals surface area contributed by atoms with Gasteiger partial charge in [0.05, 0.1) is 0 Å². The summed E-state index contributed by atoms with van der Waals surface area (Å²) in [5, 5.41) is 11.9. The van der Waals surface area contributed by atoms with Crippen molar-refractivity contribution >= 4 is 22.9 Å². The molecule has 146 valence electrons. The molecule has 0 bridgehead atoms. The van der Waals surface area contributed by atoms with Crippen molar-refractivity contribution in [3.63, 3.8) is 0 Å². The average molecular weight is 398 g/mol. The Hall–Kier alpha value is -2.45. The van der Waals surface area contributed by atoms with E-state index < -0.39 is 0 Å². The molecule has 7 nitrogen and oxygen atoms in total. The highest BCUT2D eigenvalue weighted by atomic mass is 32.1. The molecular formula is C20H23N5O2S. The van der Waals surface area contributed by atoms with Crippen molar-refractivity contribution in [3.8, 4) is 0 Å². The lowest BCUT2D eigenvalue weighted by molar-refractivity contribution is -0.134. The number of piperidine rings is 1. The second-order valence-electron chi connectivity index (χ2n) is 7.85. The molecule has 1 amide bonds. The summed E-state index contributed by atoms with van der Waals surface area (Å²) in [6.07, 6.45) is 4.96. The summed E-state index contributed by atoms with van der Waals surface area (Å²) in [6, 6.07) is 7.73. The minimum absolute atomic E-state index is 0.0184. The molecule has 0 radical (unpaired) electrons. The first kappa shape index (κ1) is 17.6. The third kappa shape index (κ3) is 3.06. The smallest absolute Gasteiger partial charge is 0.333 e. The molecule has 1 aliphatic heterocycles. The van der Waals surface area contributed by atoms with Crippen LogP contribution in [-0.4, -0.2) is 44.1 Å². The number of carbonyl (C=O) groups excluding carboxylic acids is 1. The van der Waals surface area contributed by atoms with Crippen molar-refractivity contribution in [3.05, 3.63) is 57.3 Å². The summed E-state index contributed by atoms with van der Waals surface area (Å²) in [7, 11) is 0. The minimum Gasteiger partial charge on any atom is -0.333 e. The van der Waals surface area contributed by atoms with Crippen molar-refractivity contribution in [1.82, 2.24) is 24.4 Å². The average Bonchev–Trinajstić information content (AvgIpc) is 3.06. The molecule has 5 rings (SSSR count). The van der Waals surface area contributed by atoms with Gasteiger partial charge in [0.15, 0.2) is 5.65 Å². The van der Waals surface area contributed by atoms with Crippen LogP contribution in [-0.2, 0) is 17.9 Å². The number of hydrogen-bond acceptors (Lipinski definition) is 5. The first-order valence-corrected chi connectivity index (χ1v) is 10.7. The van der Waals surface area contributed by atoms with Crippen LogP contribution in [0.2, 0.25) is 0 Å². The normalized spacial score (nSPS) is 20.5. The van der Waals surface area contributed by atoms with Crippen LogP contribution in [0.1, 0.15) is 24.8 Å². The Morgan fingerprint density at radius 2 is 2.18 bits per heavy atom. The molecule has 1 unspecified atom stereocenters. The van der Waals surface area contributed by atoms with Crippen molar-refractivity contribution in [2.45, 2.75) is 38.4 Å². The lowest BCUT2D eigenvalue weighted by atomic mass is 9.93. The largest absolute Gasteiger partial charge is 0.350 e. The van der Waals surface area contributed by atoms with Gasteiger partial charge in [-0.15, -0.1) is 5.10 Å². The topological polar surface area (TPSA) is 71.6 Å². The molecule has 2 fully saturated rings. The zero-order chi connectivity index (χ0) is 19.1. The molecule has 4 heterocycles. The molecule has 3 aromatic rings. The molecular weight excluding hydrogens is 374 g/mol. The predicted octanol–water partition coefficient (Wildman–Crippen LogP) is 1.73. The molecule has 28 heavy (non-hydrogen) atoms. The van der Waals surface area contributed by atoms with Crippen LogP contribution < -0.4 is 11.0 Å². The molecule has 3 aromatic heterocycles. The standard InChI is InChI=1S/C20H23N5O2S/c26-18(13-25-19(27)23-9-2-1-3-17(23)22-25)24(12-15-4-10-28-14-15)16-11-20(16)5-7-21-8-6-20/h1-4,9-10,14,16,21H,5-8,11-13H2. The van der Waals surface area contributed by atoms with Gasteiger partial charge in [-0.05, 0) is 72.3 Å². The van der Waals surface area contributed by atoms with Gasteiger partial charge >= 0.3 is 5.69 Å². The summed E-state index contributed by atoms with van der Waals surface area (Å²) >= 11 is 1.64. The second-order valence-corrected chi connectivity index (χ2v) is 8.63. The highest BCUT2D eigenvalue weighted by Crippen LogP contribution is 2.56. The number of aromatic nitrogens is 3. The maximum absolute atomic E-state index is 13.3. The number of nitrogens with zero attached hydrogens (tertiary/aromatic N) is 4. The third-order valence-electron chi connectivity index (χ3n) is 6.15. The molecule has 1 atom stereocenters. The van der Waals surface area contributed by atoms with E-state index in [9.17, 15) is 9.59 Å². The van der Waals surface area contributed by atoms with E-state index in [1.54, 1.807) is 29.7 Å². The van der Waals surface area contributed by atoms with Crippen LogP contribution in [0.25, 0.3) is 5.65 Å². The molecule has 8 heteroatoms. The van der Waals surface area contributed by atoms with Crippen LogP contribution in [0.4, 0.5) is 0 Å². The summed E-state index contributed by atoms with van der Waals surface area (Å²) in [5.74, 6) is -0.0305. The molecule has 1 saturated heterocycles. The van der Waals surface area contributed by atoms with Crippen molar-refractivity contribution in [2.24, 2.45) is 5.41 Å². The number of thiophene rings is 1. The van der Waals surface area contributed by atoms with E-state index in [1.807, 2.05) is 16.3 Å². The van der Waals surface area contributed by atoms with E-state index in [2.05, 4.69) is 21.9 Å². The zero-order valence-corrected chi connectivity index (χ0v) is 16.4. The Kier molecular flexibility index (Phi) is 4.32. The van der Waals surface area contributed by atoms with Gasteiger partial charge in [-0.2, -0.15) is 11.3 Å². The van der Waals surface area contributed by atoms with Crippen LogP contribution in [0.5, 0.6) is 0 Å². The molecule has 1 N–H and O–H groups in total. The van der Waals surface area contributed by atoms with Gasteiger partial charge in [0.1, 0.15) is 6.54 Å². The van der Waals surface area contributed by atoms with E-state index in [0.29, 0.717) is 12.2 Å². The van der Waals surface area contributed by atoms with Gasteiger partial charge < -0.3 is 10.2 Å². The Balaban J connectivity index is 1.40. The summed E-state index contributed by atoms with van der Waals surface area (Å²) in [4.78, 5) is 27.8. The van der Waals surface area contributed by atoms with Crippen molar-refractivity contribution in [2.75, 3.05) is 13.1 Å². The quantitative estimate of drug-likeness (QED) is 0.712. The first-order valence-electron chi connectivity index (χ1n) is 9.72. The Bertz CT molecular complexity index is 1050. The van der Waals surface area contributed by atoms with Gasteiger partial charge in [-0.3, -0.25) is 9.20 Å². The van der Waals surface area contributed by atoms with E-state index >= 15 is 0 Å². The van der Waals surface area contributed by atoms with Gasteiger partial charge in [-0.1, -0.05) is 6.07 Å². The van der Waals surface area contributed by atoms with Gasteiger partial charge in [-0.25, -0.2) is 9.48 Å². The van der Waals surface area contributed by atoms with Crippen molar-refractivity contribution in [1.29, 1.82) is 0 Å². The third-order valence-corrected chi connectivity index (χ3v) is 6.88. The number of pyridine rings is 1. The summed E-state index contributed by atoms with van der Waals surface area (Å²) < 4.78 is 2.76. The lowest BCUT2D eigenvalue weighted by Crippen LogP contribution is -2.41. The Morgan fingerprint density at radius 1 is 1.32 bits per heavy atom. The van der Waals surface area contributed by atoms with Crippen LogP contribution in [0, 0.1) is 5.41 Å². The molecule has 1 aliphatic carbocycles. The van der Waals surface area contributed by atoms with Gasteiger partial charge in [0.2, 0.25) is 5.91 Å². The number of hydrogen-bond donors (Lipinski definition) is 1. The highest BCUT2D eigenvalue weighted by molar-refractivity contribution is 7.07. The zero-order valence-electron chi connectivity index (χ0n) is 15.6. The molecule has 2 aliphatic rings. The fraction of sp³-hybridized carbons (Fsp3) is 0.450. The molecule has 1 saturated carbocycles. The fourth-order valence-electron chi connectivity index (χ4n) is 4.47. The lowest BCUT2D eigenvalue weighted by Gasteiger charge is -2.29. The maximum atomic E-state index is 13.3. The first-order chi connectivity index (χ1) is 13.7. The Morgan fingerprint density at radius 3 is 2.93 bits per heavy atom. The van der Waals surface area contributed by atoms with Crippen LogP contribution >= 0.6 is 11.3 Å². The summed E-state index contributed by atoms with van der Waals surface area (Å²) in [5.41, 5.74) is 1.69. The van der Waals surface area contributed by atoms with Crippen molar-refractivity contribution < 1.29 is 4.79 Å². The van der Waals surface area contributed by atoms with Crippen LogP contribution in [0.3, 0.4) is 0 Å². The number of nitrogens with one attached hydrogen (secondary N) is 1. The number of carbonyl (C=O) groups is 1. The van der Waals surface area contributed by atoms with E-state index in [-0.39, 0.29) is 29.6 Å². The van der Waals surface area contributed by atoms with Crippen LogP contribution in [0.15, 0.2) is 46.0 Å². The number of amides is 1. The summed E-state index contributed by atoms with van der Waals surface area (Å²) in [6.45, 7) is 2.62. The molecule has 0 aromatic carbocycles. The number of rotatable bonds is 5. The van der Waals surface area contributed by atoms with E-state index in [0.717, 1.165) is 37.9 Å². The maximum Gasteiger partial charge on any atom is 0.350 e. The highest BCUT2D eigenvalue weighted by Gasteiger charge is 2.57. The molecule has 1 spiro atoms. The van der Waals surface area contributed by atoms with Gasteiger partial charge in [0, 0.05) is 18.8 Å². The fourth-order valence-corrected chi connectivity index (χ4v) is 5.13. The van der Waals surface area contributed by atoms with E-state index in [4.69, 9.17) is 0 Å². The number of fused-ring (bicyclic) bond motifs is 1. The monoisotopic (exact) mass is 397 g/mol. The SMILES string of the molecule is O=C(Cn1nc2ccccn2c1=O)N(Cc1ccsc1)C1CC12CCNCC2. The second kappa shape index (κ2) is 6.86.